The fourth-order valence-corrected chi connectivity index (χ4v) is 1.97. The van der Waals surface area contributed by atoms with Crippen molar-refractivity contribution in [3.05, 3.63) is 29.8 Å². The predicted octanol–water partition coefficient (Wildman–Crippen LogP) is 0.269. The van der Waals surface area contributed by atoms with Gasteiger partial charge in [0.05, 0.1) is 11.4 Å². The lowest BCUT2D eigenvalue weighted by Gasteiger charge is -2.03. The molecule has 0 heterocycles. The number of aliphatic hydroxyl groups is 1. The van der Waals surface area contributed by atoms with E-state index < -0.39 is 10.0 Å². The Morgan fingerprint density at radius 3 is 2.44 bits per heavy atom. The molecule has 0 saturated carbocycles. The van der Waals surface area contributed by atoms with E-state index in [0.717, 1.165) is 5.56 Å². The van der Waals surface area contributed by atoms with Gasteiger partial charge in [-0.05, 0) is 19.1 Å². The van der Waals surface area contributed by atoms with Gasteiger partial charge in [0.2, 0.25) is 10.0 Å². The van der Waals surface area contributed by atoms with Crippen LogP contribution in [-0.4, -0.2) is 26.7 Å². The predicted molar refractivity (Wildman–Crippen MR) is 61.2 cm³/mol. The summed E-state index contributed by atoms with van der Waals surface area (Å²) in [4.78, 5) is 0.212. The molecule has 0 saturated heterocycles. The average molecular weight is 239 g/mol. The molecule has 0 atom stereocenters. The molecule has 0 aliphatic heterocycles. The molecule has 0 radical (unpaired) electrons. The van der Waals surface area contributed by atoms with Crippen molar-refractivity contribution in [3.8, 4) is 11.8 Å². The van der Waals surface area contributed by atoms with Crippen molar-refractivity contribution in [3.63, 3.8) is 0 Å². The number of hydrogen-bond donors (Lipinski definition) is 2. The lowest BCUT2D eigenvalue weighted by Crippen LogP contribution is -2.24. The van der Waals surface area contributed by atoms with E-state index in [-0.39, 0.29) is 18.0 Å². The Bertz CT molecular complexity index is 494. The van der Waals surface area contributed by atoms with Crippen LogP contribution in [0, 0.1) is 18.8 Å². The fourth-order valence-electron chi connectivity index (χ4n) is 1.05. The highest BCUT2D eigenvalue weighted by Gasteiger charge is 2.11. The molecule has 0 aliphatic rings. The van der Waals surface area contributed by atoms with E-state index in [0.29, 0.717) is 0 Å². The largest absolute Gasteiger partial charge is 0.384 e. The van der Waals surface area contributed by atoms with Crippen LogP contribution in [-0.2, 0) is 10.0 Å². The first kappa shape index (κ1) is 12.7. The summed E-state index contributed by atoms with van der Waals surface area (Å²) in [7, 11) is -3.49. The van der Waals surface area contributed by atoms with Gasteiger partial charge in [-0.1, -0.05) is 29.5 Å². The Balaban J connectivity index is 2.74. The summed E-state index contributed by atoms with van der Waals surface area (Å²) in [5.74, 6) is 4.84. The zero-order valence-electron chi connectivity index (χ0n) is 8.90. The third-order valence-electron chi connectivity index (χ3n) is 1.89. The maximum atomic E-state index is 11.7. The molecule has 0 spiro atoms. The van der Waals surface area contributed by atoms with Crippen LogP contribution in [0.2, 0.25) is 0 Å². The molecular weight excluding hydrogens is 226 g/mol. The minimum Gasteiger partial charge on any atom is -0.384 e. The van der Waals surface area contributed by atoms with E-state index in [9.17, 15) is 8.42 Å². The third kappa shape index (κ3) is 3.66. The molecule has 0 aliphatic carbocycles. The fraction of sp³-hybridized carbons (Fsp3) is 0.273. The topological polar surface area (TPSA) is 66.4 Å². The van der Waals surface area contributed by atoms with Crippen LogP contribution in [0.1, 0.15) is 5.56 Å². The molecule has 2 N–H and O–H groups in total. The van der Waals surface area contributed by atoms with Crippen LogP contribution < -0.4 is 4.72 Å². The van der Waals surface area contributed by atoms with Crippen molar-refractivity contribution in [2.75, 3.05) is 13.2 Å². The van der Waals surface area contributed by atoms with E-state index >= 15 is 0 Å². The molecule has 4 nitrogen and oxygen atoms in total. The van der Waals surface area contributed by atoms with Gasteiger partial charge in [0.25, 0.3) is 0 Å². The standard InChI is InChI=1S/C11H13NO3S/c1-10-4-6-11(7-5-10)16(14,15)12-8-2-3-9-13/h4-7,12-13H,8-9H2,1H3. The molecular formula is C11H13NO3S. The zero-order chi connectivity index (χ0) is 12.0. The Kier molecular flexibility index (Phi) is 4.50. The van der Waals surface area contributed by atoms with Crippen LogP contribution >= 0.6 is 0 Å². The van der Waals surface area contributed by atoms with Gasteiger partial charge in [-0.15, -0.1) is 0 Å². The highest BCUT2D eigenvalue weighted by atomic mass is 32.2. The van der Waals surface area contributed by atoms with E-state index in [4.69, 9.17) is 5.11 Å². The molecule has 1 rings (SSSR count). The van der Waals surface area contributed by atoms with Gasteiger partial charge in [-0.2, -0.15) is 4.72 Å². The monoisotopic (exact) mass is 239 g/mol. The number of nitrogens with one attached hydrogen (secondary N) is 1. The van der Waals surface area contributed by atoms with E-state index in [1.807, 2.05) is 6.92 Å². The summed E-state index contributed by atoms with van der Waals surface area (Å²) in [5, 5.41) is 8.39. The molecule has 1 aromatic carbocycles. The van der Waals surface area contributed by atoms with Crippen molar-refractivity contribution in [2.45, 2.75) is 11.8 Å². The molecule has 0 bridgehead atoms. The first-order valence-electron chi connectivity index (χ1n) is 4.69. The van der Waals surface area contributed by atoms with Gasteiger partial charge in [-0.3, -0.25) is 0 Å². The molecule has 0 aromatic heterocycles. The van der Waals surface area contributed by atoms with Crippen LogP contribution in [0.4, 0.5) is 0 Å². The van der Waals surface area contributed by atoms with Crippen molar-refractivity contribution in [1.82, 2.24) is 4.72 Å². The highest BCUT2D eigenvalue weighted by molar-refractivity contribution is 7.89. The van der Waals surface area contributed by atoms with Gasteiger partial charge in [-0.25, -0.2) is 8.42 Å². The Morgan fingerprint density at radius 1 is 1.25 bits per heavy atom. The zero-order valence-corrected chi connectivity index (χ0v) is 9.71. The van der Waals surface area contributed by atoms with Gasteiger partial charge in [0, 0.05) is 0 Å². The maximum absolute atomic E-state index is 11.7. The number of benzene rings is 1. The molecule has 0 fully saturated rings. The first-order chi connectivity index (χ1) is 7.56. The Hall–Kier alpha value is -1.35. The molecule has 86 valence electrons. The third-order valence-corrected chi connectivity index (χ3v) is 3.30. The van der Waals surface area contributed by atoms with Gasteiger partial charge in [0.1, 0.15) is 6.61 Å². The number of aliphatic hydroxyl groups excluding tert-OH is 1. The van der Waals surface area contributed by atoms with E-state index in [1.54, 1.807) is 12.1 Å². The summed E-state index contributed by atoms with van der Waals surface area (Å²) in [6.45, 7) is 1.61. The summed E-state index contributed by atoms with van der Waals surface area (Å²) < 4.78 is 25.6. The SMILES string of the molecule is Cc1ccc(S(=O)(=O)NCC#CCO)cc1. The molecule has 5 heteroatoms. The van der Waals surface area contributed by atoms with Crippen LogP contribution in [0.25, 0.3) is 0 Å². The van der Waals surface area contributed by atoms with Crippen LogP contribution in [0.3, 0.4) is 0 Å². The minimum absolute atomic E-state index is 0.00320. The normalized spacial score (nSPS) is 10.6. The minimum atomic E-state index is -3.49. The summed E-state index contributed by atoms with van der Waals surface area (Å²) in [6, 6.07) is 6.54. The van der Waals surface area contributed by atoms with Crippen molar-refractivity contribution in [2.24, 2.45) is 0 Å². The lowest BCUT2D eigenvalue weighted by atomic mass is 10.2. The maximum Gasteiger partial charge on any atom is 0.241 e. The van der Waals surface area contributed by atoms with Gasteiger partial charge >= 0.3 is 0 Å². The van der Waals surface area contributed by atoms with Gasteiger partial charge < -0.3 is 5.11 Å². The summed E-state index contributed by atoms with van der Waals surface area (Å²) in [6.07, 6.45) is 0. The first-order valence-corrected chi connectivity index (χ1v) is 6.17. The molecule has 0 unspecified atom stereocenters. The van der Waals surface area contributed by atoms with Crippen molar-refractivity contribution >= 4 is 10.0 Å². The van der Waals surface area contributed by atoms with Crippen LogP contribution in [0.15, 0.2) is 29.2 Å². The Labute approximate surface area is 95.4 Å². The summed E-state index contributed by atoms with van der Waals surface area (Å²) in [5.41, 5.74) is 0.999. The second-order valence-corrected chi connectivity index (χ2v) is 4.92. The average Bonchev–Trinajstić information content (AvgIpc) is 2.25. The quantitative estimate of drug-likeness (QED) is 0.744. The van der Waals surface area contributed by atoms with Crippen molar-refractivity contribution < 1.29 is 13.5 Å². The van der Waals surface area contributed by atoms with Gasteiger partial charge in [0.15, 0.2) is 0 Å². The molecule has 16 heavy (non-hydrogen) atoms. The highest BCUT2D eigenvalue weighted by Crippen LogP contribution is 2.09. The lowest BCUT2D eigenvalue weighted by molar-refractivity contribution is 0.350. The Morgan fingerprint density at radius 2 is 1.88 bits per heavy atom. The molecule has 1 aromatic rings. The van der Waals surface area contributed by atoms with E-state index in [2.05, 4.69) is 16.6 Å². The number of rotatable bonds is 3. The second-order valence-electron chi connectivity index (χ2n) is 3.15. The van der Waals surface area contributed by atoms with Crippen molar-refractivity contribution in [1.29, 1.82) is 0 Å². The number of aryl methyl sites for hydroxylation is 1. The smallest absolute Gasteiger partial charge is 0.241 e. The molecule has 0 amide bonds. The number of sulfonamides is 1. The van der Waals surface area contributed by atoms with Crippen LogP contribution in [0.5, 0.6) is 0 Å². The summed E-state index contributed by atoms with van der Waals surface area (Å²) >= 11 is 0. The second kappa shape index (κ2) is 5.66. The van der Waals surface area contributed by atoms with E-state index in [1.165, 1.54) is 12.1 Å². The number of hydrogen-bond acceptors (Lipinski definition) is 3.